The summed E-state index contributed by atoms with van der Waals surface area (Å²) in [4.78, 5) is 5.05. The summed E-state index contributed by atoms with van der Waals surface area (Å²) in [6.07, 6.45) is 1.22. The molecule has 0 aromatic heterocycles. The summed E-state index contributed by atoms with van der Waals surface area (Å²) in [6, 6.07) is 4.59. The number of nitrogens with one attached hydrogen (secondary N) is 1. The molecular weight excluding hydrogens is 224 g/mol. The zero-order valence-electron chi connectivity index (χ0n) is 8.91. The van der Waals surface area contributed by atoms with Crippen molar-refractivity contribution in [2.24, 2.45) is 4.99 Å². The van der Waals surface area contributed by atoms with Gasteiger partial charge in [-0.05, 0) is 18.2 Å². The van der Waals surface area contributed by atoms with Crippen LogP contribution in [0.5, 0.6) is 0 Å². The Balaban J connectivity index is 3.01. The van der Waals surface area contributed by atoms with Crippen LogP contribution in [0.25, 0.3) is 0 Å². The molecule has 7 nitrogen and oxygen atoms in total. The van der Waals surface area contributed by atoms with Gasteiger partial charge in [-0.25, -0.2) is 0 Å². The van der Waals surface area contributed by atoms with Crippen molar-refractivity contribution in [3.63, 3.8) is 0 Å². The van der Waals surface area contributed by atoms with Crippen LogP contribution >= 0.6 is 0 Å². The minimum Gasteiger partial charge on any atom is -0.411 e. The van der Waals surface area contributed by atoms with Crippen LogP contribution in [0.2, 0.25) is 0 Å². The maximum atomic E-state index is 9.69. The highest BCUT2D eigenvalue weighted by molar-refractivity contribution is 5.08. The monoisotopic (exact) mass is 236 g/mol. The lowest BCUT2D eigenvalue weighted by atomic mass is 10.2. The molecular formula is C10H12N4O3. The molecule has 0 fully saturated rings. The molecule has 0 spiro atoms. The van der Waals surface area contributed by atoms with Gasteiger partial charge in [-0.15, -0.1) is 0 Å². The molecule has 0 saturated heterocycles. The average Bonchev–Trinajstić information content (AvgIpc) is 2.33. The molecule has 4 N–H and O–H groups in total. The van der Waals surface area contributed by atoms with Crippen molar-refractivity contribution >= 4 is 0 Å². The molecule has 2 rings (SSSR count). The first-order valence-corrected chi connectivity index (χ1v) is 4.97. The van der Waals surface area contributed by atoms with Crippen LogP contribution in [0.15, 0.2) is 29.4 Å². The van der Waals surface area contributed by atoms with Gasteiger partial charge < -0.3 is 20.9 Å². The molecule has 0 atom stereocenters. The van der Waals surface area contributed by atoms with E-state index in [4.69, 9.17) is 10.5 Å². The molecule has 0 saturated carbocycles. The average molecular weight is 236 g/mol. The maximum absolute atomic E-state index is 9.69. The van der Waals surface area contributed by atoms with Gasteiger partial charge in [0.1, 0.15) is 5.35 Å². The fourth-order valence-corrected chi connectivity index (χ4v) is 1.58. The number of hydrogen-bond acceptors (Lipinski definition) is 5. The molecule has 90 valence electrons. The SMILES string of the molecule is N=c1ccc(=NCCO)c2n(O)n(O)ccc1=2. The Hall–Kier alpha value is -2.28. The fourth-order valence-electron chi connectivity index (χ4n) is 1.58. The second-order valence-electron chi connectivity index (χ2n) is 3.43. The second kappa shape index (κ2) is 4.30. The van der Waals surface area contributed by atoms with Gasteiger partial charge in [-0.3, -0.25) is 4.99 Å². The Morgan fingerprint density at radius 3 is 2.71 bits per heavy atom. The number of rotatable bonds is 2. The van der Waals surface area contributed by atoms with Crippen LogP contribution in [0, 0.1) is 16.0 Å². The normalized spacial score (nSPS) is 12.2. The molecule has 17 heavy (non-hydrogen) atoms. The smallest absolute Gasteiger partial charge is 0.137 e. The van der Waals surface area contributed by atoms with E-state index in [1.807, 2.05) is 0 Å². The number of aliphatic hydroxyl groups excluding tert-OH is 1. The van der Waals surface area contributed by atoms with Crippen LogP contribution in [-0.2, 0) is 0 Å². The summed E-state index contributed by atoms with van der Waals surface area (Å²) in [5.74, 6) is 0. The minimum absolute atomic E-state index is 0.110. The van der Waals surface area contributed by atoms with Gasteiger partial charge in [0.05, 0.1) is 30.1 Å². The quantitative estimate of drug-likeness (QED) is 0.495. The third kappa shape index (κ3) is 1.87. The molecule has 0 amide bonds. The van der Waals surface area contributed by atoms with Crippen LogP contribution < -0.4 is 10.7 Å². The first-order valence-electron chi connectivity index (χ1n) is 4.97. The van der Waals surface area contributed by atoms with Crippen LogP contribution in [-0.4, -0.2) is 38.4 Å². The lowest BCUT2D eigenvalue weighted by molar-refractivity contribution is -0.0220. The summed E-state index contributed by atoms with van der Waals surface area (Å²) >= 11 is 0. The number of aliphatic hydroxyl groups is 1. The van der Waals surface area contributed by atoms with E-state index in [1.165, 1.54) is 12.3 Å². The Kier molecular flexibility index (Phi) is 2.84. The summed E-state index contributed by atoms with van der Waals surface area (Å²) < 4.78 is 0. The minimum atomic E-state index is -0.110. The molecule has 2 aliphatic rings. The molecule has 1 aliphatic carbocycles. The zero-order valence-corrected chi connectivity index (χ0v) is 8.91. The van der Waals surface area contributed by atoms with E-state index in [0.29, 0.717) is 20.3 Å². The van der Waals surface area contributed by atoms with Crippen molar-refractivity contribution in [1.29, 1.82) is 5.41 Å². The molecule has 0 unspecified atom stereocenters. The van der Waals surface area contributed by atoms with E-state index in [-0.39, 0.29) is 23.9 Å². The van der Waals surface area contributed by atoms with Crippen molar-refractivity contribution in [3.8, 4) is 0 Å². The zero-order chi connectivity index (χ0) is 12.4. The topological polar surface area (TPSA) is 107 Å². The summed E-state index contributed by atoms with van der Waals surface area (Å²) in [5.41, 5.74) is 0. The van der Waals surface area contributed by atoms with E-state index in [9.17, 15) is 10.4 Å². The van der Waals surface area contributed by atoms with Gasteiger partial charge >= 0.3 is 0 Å². The Bertz CT molecular complexity index is 716. The van der Waals surface area contributed by atoms with Crippen LogP contribution in [0.1, 0.15) is 0 Å². The van der Waals surface area contributed by atoms with Gasteiger partial charge in [-0.1, -0.05) is 9.69 Å². The van der Waals surface area contributed by atoms with Gasteiger partial charge in [0, 0.05) is 5.22 Å². The van der Waals surface area contributed by atoms with E-state index in [2.05, 4.69) is 4.99 Å². The number of hydrogen-bond donors (Lipinski definition) is 4. The molecule has 0 aromatic rings. The van der Waals surface area contributed by atoms with E-state index in [1.54, 1.807) is 12.1 Å². The highest BCUT2D eigenvalue weighted by Crippen LogP contribution is 1.89. The molecule has 7 heteroatoms. The summed E-state index contributed by atoms with van der Waals surface area (Å²) in [5, 5.41) is 36.7. The predicted molar refractivity (Wildman–Crippen MR) is 55.5 cm³/mol. The summed E-state index contributed by atoms with van der Waals surface area (Å²) in [6.45, 7) is 0.0777. The standard InChI is InChI=1S/C10H12N4O3/c11-8-1-2-9(12-4-6-15)10-7(8)3-5-13(16)14(10)17/h1-3,5,11,15-17H,4,6H2. The van der Waals surface area contributed by atoms with Crippen molar-refractivity contribution < 1.29 is 15.5 Å². The van der Waals surface area contributed by atoms with Crippen molar-refractivity contribution in [3.05, 3.63) is 45.7 Å². The second-order valence-corrected chi connectivity index (χ2v) is 3.43. The predicted octanol–water partition coefficient (Wildman–Crippen LogP) is -1.14. The fraction of sp³-hybridized carbons (Fsp3) is 0.200. The number of aromatic nitrogens is 2. The Morgan fingerprint density at radius 2 is 2.00 bits per heavy atom. The van der Waals surface area contributed by atoms with Gasteiger partial charge in [0.2, 0.25) is 0 Å². The molecule has 0 bridgehead atoms. The van der Waals surface area contributed by atoms with Crippen LogP contribution in [0.3, 0.4) is 0 Å². The molecule has 0 radical (unpaired) electrons. The van der Waals surface area contributed by atoms with Crippen molar-refractivity contribution in [1.82, 2.24) is 9.69 Å². The van der Waals surface area contributed by atoms with Gasteiger partial charge in [0.25, 0.3) is 0 Å². The molecule has 1 heterocycles. The first-order chi connectivity index (χ1) is 8.15. The lowest BCUT2D eigenvalue weighted by Gasteiger charge is -2.06. The summed E-state index contributed by atoms with van der Waals surface area (Å²) in [7, 11) is 0. The van der Waals surface area contributed by atoms with Gasteiger partial charge in [-0.2, -0.15) is 0 Å². The Morgan fingerprint density at radius 1 is 1.24 bits per heavy atom. The van der Waals surface area contributed by atoms with Gasteiger partial charge in [0.15, 0.2) is 0 Å². The number of nitrogens with zero attached hydrogens (tertiary/aromatic N) is 3. The van der Waals surface area contributed by atoms with Crippen molar-refractivity contribution in [2.75, 3.05) is 13.2 Å². The third-order valence-electron chi connectivity index (χ3n) is 2.35. The van der Waals surface area contributed by atoms with E-state index < -0.39 is 0 Å². The van der Waals surface area contributed by atoms with E-state index >= 15 is 0 Å². The van der Waals surface area contributed by atoms with Crippen LogP contribution in [0.4, 0.5) is 0 Å². The highest BCUT2D eigenvalue weighted by Gasteiger charge is 2.01. The Labute approximate surface area is 95.2 Å². The van der Waals surface area contributed by atoms with E-state index in [0.717, 1.165) is 0 Å². The van der Waals surface area contributed by atoms with Crippen molar-refractivity contribution in [2.45, 2.75) is 0 Å². The third-order valence-corrected chi connectivity index (χ3v) is 2.35. The molecule has 1 aliphatic heterocycles. The first kappa shape index (κ1) is 11.2. The molecule has 0 aromatic carbocycles. The maximum Gasteiger partial charge on any atom is 0.137 e. The highest BCUT2D eigenvalue weighted by atomic mass is 16.6. The largest absolute Gasteiger partial charge is 0.411 e. The lowest BCUT2D eigenvalue weighted by Crippen LogP contribution is -2.24.